The molecule has 0 radical (unpaired) electrons. The Kier molecular flexibility index (Phi) is 6.19. The van der Waals surface area contributed by atoms with Crippen molar-refractivity contribution < 1.29 is 14.3 Å². The predicted molar refractivity (Wildman–Crippen MR) is 85.6 cm³/mol. The SMILES string of the molecule is Cc1ccccc1C(=O)NCCC(=O)OCC1CC=CCC1. The number of nitrogens with one attached hydrogen (secondary N) is 1. The summed E-state index contributed by atoms with van der Waals surface area (Å²) in [7, 11) is 0. The van der Waals surface area contributed by atoms with Gasteiger partial charge in [-0.1, -0.05) is 30.4 Å². The van der Waals surface area contributed by atoms with Crippen molar-refractivity contribution in [3.8, 4) is 0 Å². The fourth-order valence-corrected chi connectivity index (χ4v) is 2.49. The van der Waals surface area contributed by atoms with Crippen molar-refractivity contribution in [1.29, 1.82) is 0 Å². The minimum atomic E-state index is -0.250. The molecule has 2 rings (SSSR count). The Bertz CT molecular complexity index is 551. The molecule has 1 aliphatic carbocycles. The van der Waals surface area contributed by atoms with Crippen LogP contribution in [-0.4, -0.2) is 25.0 Å². The molecule has 1 aromatic rings. The first-order chi connectivity index (χ1) is 10.7. The van der Waals surface area contributed by atoms with Gasteiger partial charge in [0.05, 0.1) is 13.0 Å². The zero-order chi connectivity index (χ0) is 15.8. The number of carbonyl (C=O) groups is 2. The van der Waals surface area contributed by atoms with Gasteiger partial charge >= 0.3 is 5.97 Å². The molecule has 0 aliphatic heterocycles. The van der Waals surface area contributed by atoms with Crippen molar-refractivity contribution in [2.45, 2.75) is 32.6 Å². The van der Waals surface area contributed by atoms with Gasteiger partial charge in [-0.15, -0.1) is 0 Å². The monoisotopic (exact) mass is 301 g/mol. The summed E-state index contributed by atoms with van der Waals surface area (Å²) in [6.45, 7) is 2.67. The first-order valence-electron chi connectivity index (χ1n) is 7.81. The molecule has 0 heterocycles. The van der Waals surface area contributed by atoms with Crippen LogP contribution in [-0.2, 0) is 9.53 Å². The van der Waals surface area contributed by atoms with E-state index in [0.717, 1.165) is 24.8 Å². The highest BCUT2D eigenvalue weighted by Gasteiger charge is 2.13. The molecule has 1 amide bonds. The van der Waals surface area contributed by atoms with Crippen molar-refractivity contribution in [3.05, 3.63) is 47.5 Å². The Morgan fingerprint density at radius 3 is 2.82 bits per heavy atom. The normalized spacial score (nSPS) is 17.0. The van der Waals surface area contributed by atoms with Crippen molar-refractivity contribution in [3.63, 3.8) is 0 Å². The maximum atomic E-state index is 12.0. The number of aryl methyl sites for hydroxylation is 1. The molecule has 1 N–H and O–H groups in total. The minimum absolute atomic E-state index is 0.150. The van der Waals surface area contributed by atoms with Crippen LogP contribution in [0.1, 0.15) is 41.6 Å². The van der Waals surface area contributed by atoms with Crippen LogP contribution >= 0.6 is 0 Å². The summed E-state index contributed by atoms with van der Waals surface area (Å²) in [5.74, 6) is 0.0402. The van der Waals surface area contributed by atoms with Gasteiger partial charge in [0.25, 0.3) is 5.91 Å². The Balaban J connectivity index is 1.65. The molecule has 0 fully saturated rings. The van der Waals surface area contributed by atoms with Crippen LogP contribution in [0.4, 0.5) is 0 Å². The van der Waals surface area contributed by atoms with Gasteiger partial charge in [0.15, 0.2) is 0 Å². The van der Waals surface area contributed by atoms with Crippen molar-refractivity contribution in [2.24, 2.45) is 5.92 Å². The van der Waals surface area contributed by atoms with Crippen LogP contribution in [0.15, 0.2) is 36.4 Å². The van der Waals surface area contributed by atoms with Crippen molar-refractivity contribution in [2.75, 3.05) is 13.2 Å². The second-order valence-electron chi connectivity index (χ2n) is 5.65. The molecular weight excluding hydrogens is 278 g/mol. The average Bonchev–Trinajstić information content (AvgIpc) is 2.54. The third-order valence-electron chi connectivity index (χ3n) is 3.86. The first kappa shape index (κ1) is 16.3. The summed E-state index contributed by atoms with van der Waals surface area (Å²) in [6.07, 6.45) is 7.64. The fraction of sp³-hybridized carbons (Fsp3) is 0.444. The molecule has 1 atom stereocenters. The highest BCUT2D eigenvalue weighted by molar-refractivity contribution is 5.95. The van der Waals surface area contributed by atoms with E-state index in [1.165, 1.54) is 0 Å². The highest BCUT2D eigenvalue weighted by Crippen LogP contribution is 2.18. The zero-order valence-corrected chi connectivity index (χ0v) is 13.0. The lowest BCUT2D eigenvalue weighted by Gasteiger charge is -2.17. The number of ether oxygens (including phenoxy) is 1. The van der Waals surface area contributed by atoms with Crippen LogP contribution in [0.5, 0.6) is 0 Å². The summed E-state index contributed by atoms with van der Waals surface area (Å²) < 4.78 is 5.27. The maximum Gasteiger partial charge on any atom is 0.307 e. The van der Waals surface area contributed by atoms with Crippen LogP contribution in [0, 0.1) is 12.8 Å². The highest BCUT2D eigenvalue weighted by atomic mass is 16.5. The number of hydrogen-bond acceptors (Lipinski definition) is 3. The van der Waals surface area contributed by atoms with Gasteiger partial charge in [-0.25, -0.2) is 0 Å². The van der Waals surface area contributed by atoms with Crippen LogP contribution in [0.3, 0.4) is 0 Å². The summed E-state index contributed by atoms with van der Waals surface area (Å²) in [6, 6.07) is 7.39. The second-order valence-corrected chi connectivity index (χ2v) is 5.65. The van der Waals surface area contributed by atoms with E-state index in [-0.39, 0.29) is 18.3 Å². The average molecular weight is 301 g/mol. The first-order valence-corrected chi connectivity index (χ1v) is 7.81. The summed E-state index contributed by atoms with van der Waals surface area (Å²) >= 11 is 0. The van der Waals surface area contributed by atoms with Gasteiger partial charge in [-0.05, 0) is 43.7 Å². The molecule has 4 nitrogen and oxygen atoms in total. The van der Waals surface area contributed by atoms with Crippen LogP contribution in [0.2, 0.25) is 0 Å². The third kappa shape index (κ3) is 5.02. The Morgan fingerprint density at radius 2 is 2.09 bits per heavy atom. The van der Waals surface area contributed by atoms with Gasteiger partial charge in [0.2, 0.25) is 0 Å². The second kappa shape index (κ2) is 8.37. The molecule has 1 unspecified atom stereocenters. The van der Waals surface area contributed by atoms with E-state index < -0.39 is 0 Å². The maximum absolute atomic E-state index is 12.0. The molecule has 0 bridgehead atoms. The molecule has 22 heavy (non-hydrogen) atoms. The topological polar surface area (TPSA) is 55.4 Å². The lowest BCUT2D eigenvalue weighted by molar-refractivity contribution is -0.144. The molecule has 118 valence electrons. The minimum Gasteiger partial charge on any atom is -0.465 e. The smallest absolute Gasteiger partial charge is 0.307 e. The molecule has 1 aliphatic rings. The number of benzene rings is 1. The Hall–Kier alpha value is -2.10. The van der Waals surface area contributed by atoms with Crippen LogP contribution < -0.4 is 5.32 Å². The van der Waals surface area contributed by atoms with Gasteiger partial charge in [-0.3, -0.25) is 9.59 Å². The molecule has 0 saturated carbocycles. The molecule has 0 spiro atoms. The summed E-state index contributed by atoms with van der Waals surface area (Å²) in [5, 5.41) is 2.76. The Morgan fingerprint density at radius 1 is 1.27 bits per heavy atom. The van der Waals surface area contributed by atoms with E-state index >= 15 is 0 Å². The van der Waals surface area contributed by atoms with Gasteiger partial charge in [0.1, 0.15) is 0 Å². The number of allylic oxidation sites excluding steroid dienone is 2. The zero-order valence-electron chi connectivity index (χ0n) is 13.0. The van der Waals surface area contributed by atoms with E-state index in [0.29, 0.717) is 24.6 Å². The third-order valence-corrected chi connectivity index (χ3v) is 3.86. The lowest BCUT2D eigenvalue weighted by Crippen LogP contribution is -2.27. The summed E-state index contributed by atoms with van der Waals surface area (Å²) in [4.78, 5) is 23.7. The van der Waals surface area contributed by atoms with E-state index in [1.807, 2.05) is 25.1 Å². The molecule has 0 aromatic heterocycles. The van der Waals surface area contributed by atoms with Gasteiger partial charge < -0.3 is 10.1 Å². The lowest BCUT2D eigenvalue weighted by atomic mass is 9.95. The molecule has 1 aromatic carbocycles. The van der Waals surface area contributed by atoms with E-state index in [4.69, 9.17) is 4.74 Å². The molecule has 0 saturated heterocycles. The van der Waals surface area contributed by atoms with Crippen molar-refractivity contribution in [1.82, 2.24) is 5.32 Å². The fourth-order valence-electron chi connectivity index (χ4n) is 2.49. The van der Waals surface area contributed by atoms with Crippen LogP contribution in [0.25, 0.3) is 0 Å². The molecule has 4 heteroatoms. The summed E-state index contributed by atoms with van der Waals surface area (Å²) in [5.41, 5.74) is 1.57. The Labute approximate surface area is 131 Å². The number of esters is 1. The standard InChI is InChI=1S/C18H23NO3/c1-14-7-5-6-10-16(14)18(21)19-12-11-17(20)22-13-15-8-3-2-4-9-15/h2-3,5-7,10,15H,4,8-9,11-13H2,1H3,(H,19,21). The van der Waals surface area contributed by atoms with Crippen molar-refractivity contribution >= 4 is 11.9 Å². The van der Waals surface area contributed by atoms with Gasteiger partial charge in [0, 0.05) is 12.1 Å². The van der Waals surface area contributed by atoms with E-state index in [1.54, 1.807) is 6.07 Å². The predicted octanol–water partition coefficient (Wildman–Crippen LogP) is 3.01. The van der Waals surface area contributed by atoms with E-state index in [2.05, 4.69) is 17.5 Å². The quantitative estimate of drug-likeness (QED) is 0.649. The number of amides is 1. The largest absolute Gasteiger partial charge is 0.465 e. The number of rotatable bonds is 6. The molecular formula is C18H23NO3. The van der Waals surface area contributed by atoms with Gasteiger partial charge in [-0.2, -0.15) is 0 Å². The number of hydrogen-bond donors (Lipinski definition) is 1. The van der Waals surface area contributed by atoms with E-state index in [9.17, 15) is 9.59 Å². The number of carbonyl (C=O) groups excluding carboxylic acids is 2.